The molecule has 2 N–H and O–H groups in total. The first-order valence-electron chi connectivity index (χ1n) is 7.77. The Morgan fingerprint density at radius 2 is 1.90 bits per heavy atom. The van der Waals surface area contributed by atoms with Crippen LogP contribution in [0, 0.1) is 17.8 Å². The van der Waals surface area contributed by atoms with Gasteiger partial charge in [0, 0.05) is 24.7 Å². The average Bonchev–Trinajstić information content (AvgIpc) is 3.09. The summed E-state index contributed by atoms with van der Waals surface area (Å²) >= 11 is 0. The molecule has 1 aromatic rings. The second-order valence-corrected chi connectivity index (χ2v) is 6.34. The van der Waals surface area contributed by atoms with E-state index in [0.717, 1.165) is 17.5 Å². The van der Waals surface area contributed by atoms with Gasteiger partial charge in [-0.3, -0.25) is 9.59 Å². The minimum absolute atomic E-state index is 0.0974. The van der Waals surface area contributed by atoms with Gasteiger partial charge >= 0.3 is 0 Å². The lowest BCUT2D eigenvalue weighted by atomic mass is 9.86. The normalized spacial score (nSPS) is 26.6. The fraction of sp³-hybridized carbons (Fsp3) is 0.529. The number of anilines is 1. The number of hydrogen-bond acceptors (Lipinski definition) is 2. The van der Waals surface area contributed by atoms with E-state index in [1.165, 1.54) is 25.7 Å². The molecule has 2 aliphatic carbocycles. The number of fused-ring (bicyclic) bond motifs is 2. The molecule has 0 unspecified atom stereocenters. The summed E-state index contributed by atoms with van der Waals surface area (Å²) in [6.45, 7) is 0. The van der Waals surface area contributed by atoms with Crippen LogP contribution in [0.1, 0.15) is 42.5 Å². The van der Waals surface area contributed by atoms with E-state index in [1.807, 2.05) is 0 Å². The number of amides is 2. The molecule has 0 aromatic heterocycles. The Labute approximate surface area is 125 Å². The van der Waals surface area contributed by atoms with Crippen molar-refractivity contribution in [2.24, 2.45) is 17.8 Å². The van der Waals surface area contributed by atoms with Crippen molar-refractivity contribution < 1.29 is 9.59 Å². The van der Waals surface area contributed by atoms with Crippen LogP contribution in [0.4, 0.5) is 5.69 Å². The first-order chi connectivity index (χ1) is 10.2. The predicted molar refractivity (Wildman–Crippen MR) is 82.0 cm³/mol. The number of hydrogen-bond donors (Lipinski definition) is 2. The molecule has 21 heavy (non-hydrogen) atoms. The van der Waals surface area contributed by atoms with Crippen molar-refractivity contribution in [3.63, 3.8) is 0 Å². The molecule has 2 fully saturated rings. The van der Waals surface area contributed by atoms with Crippen molar-refractivity contribution >= 4 is 17.5 Å². The van der Waals surface area contributed by atoms with E-state index in [0.29, 0.717) is 17.9 Å². The zero-order valence-corrected chi connectivity index (χ0v) is 12.4. The average molecular weight is 286 g/mol. The molecule has 2 saturated carbocycles. The van der Waals surface area contributed by atoms with E-state index in [4.69, 9.17) is 0 Å². The number of benzene rings is 1. The Bertz CT molecular complexity index is 538. The molecule has 0 heterocycles. The van der Waals surface area contributed by atoms with E-state index in [-0.39, 0.29) is 11.8 Å². The summed E-state index contributed by atoms with van der Waals surface area (Å²) in [4.78, 5) is 23.6. The monoisotopic (exact) mass is 286 g/mol. The lowest BCUT2D eigenvalue weighted by molar-refractivity contribution is -0.117. The van der Waals surface area contributed by atoms with Crippen molar-refractivity contribution in [1.29, 1.82) is 0 Å². The van der Waals surface area contributed by atoms with Gasteiger partial charge in [0.25, 0.3) is 5.91 Å². The van der Waals surface area contributed by atoms with Crippen molar-refractivity contribution in [3.8, 4) is 0 Å². The van der Waals surface area contributed by atoms with Gasteiger partial charge in [-0.2, -0.15) is 0 Å². The van der Waals surface area contributed by atoms with Crippen LogP contribution in [0.5, 0.6) is 0 Å². The fourth-order valence-electron chi connectivity index (χ4n) is 3.93. The van der Waals surface area contributed by atoms with Crippen LogP contribution in [0.2, 0.25) is 0 Å². The summed E-state index contributed by atoms with van der Waals surface area (Å²) < 4.78 is 0. The van der Waals surface area contributed by atoms with Gasteiger partial charge < -0.3 is 10.6 Å². The molecule has 0 aliphatic heterocycles. The minimum atomic E-state index is -0.116. The number of carbonyl (C=O) groups is 2. The topological polar surface area (TPSA) is 58.2 Å². The Kier molecular flexibility index (Phi) is 3.95. The highest BCUT2D eigenvalue weighted by atomic mass is 16.2. The quantitative estimate of drug-likeness (QED) is 0.894. The molecule has 0 saturated heterocycles. The van der Waals surface area contributed by atoms with E-state index in [2.05, 4.69) is 10.6 Å². The summed E-state index contributed by atoms with van der Waals surface area (Å²) in [5.74, 6) is 2.21. The number of rotatable bonds is 4. The van der Waals surface area contributed by atoms with Crippen LogP contribution in [0.25, 0.3) is 0 Å². The van der Waals surface area contributed by atoms with Gasteiger partial charge in [0.05, 0.1) is 0 Å². The Balaban J connectivity index is 1.54. The van der Waals surface area contributed by atoms with Gasteiger partial charge in [-0.15, -0.1) is 0 Å². The molecule has 0 radical (unpaired) electrons. The maximum atomic E-state index is 12.1. The van der Waals surface area contributed by atoms with Crippen molar-refractivity contribution in [1.82, 2.24) is 5.32 Å². The maximum absolute atomic E-state index is 12.1. The molecular formula is C17H22N2O2. The van der Waals surface area contributed by atoms with Crippen molar-refractivity contribution in [3.05, 3.63) is 29.8 Å². The second kappa shape index (κ2) is 5.88. The molecular weight excluding hydrogens is 264 g/mol. The molecule has 4 nitrogen and oxygen atoms in total. The van der Waals surface area contributed by atoms with E-state index in [1.54, 1.807) is 31.3 Å². The molecule has 3 rings (SSSR count). The van der Waals surface area contributed by atoms with Gasteiger partial charge in [-0.05, 0) is 61.3 Å². The summed E-state index contributed by atoms with van der Waals surface area (Å²) in [6, 6.07) is 7.02. The van der Waals surface area contributed by atoms with E-state index >= 15 is 0 Å². The highest BCUT2D eigenvalue weighted by molar-refractivity contribution is 5.95. The lowest BCUT2D eigenvalue weighted by Crippen LogP contribution is -2.20. The van der Waals surface area contributed by atoms with E-state index in [9.17, 15) is 9.59 Å². The summed E-state index contributed by atoms with van der Waals surface area (Å²) in [6.07, 6.45) is 5.87. The third-order valence-corrected chi connectivity index (χ3v) is 4.99. The van der Waals surface area contributed by atoms with Gasteiger partial charge in [0.15, 0.2) is 0 Å². The van der Waals surface area contributed by atoms with Crippen LogP contribution < -0.4 is 10.6 Å². The fourth-order valence-corrected chi connectivity index (χ4v) is 3.93. The summed E-state index contributed by atoms with van der Waals surface area (Å²) in [5, 5.41) is 5.52. The summed E-state index contributed by atoms with van der Waals surface area (Å²) in [5.41, 5.74) is 1.36. The van der Waals surface area contributed by atoms with Crippen LogP contribution >= 0.6 is 0 Å². The third-order valence-electron chi connectivity index (χ3n) is 4.99. The maximum Gasteiger partial charge on any atom is 0.251 e. The van der Waals surface area contributed by atoms with Gasteiger partial charge in [0.2, 0.25) is 5.91 Å². The predicted octanol–water partition coefficient (Wildman–Crippen LogP) is 2.81. The molecule has 2 aliphatic rings. The SMILES string of the molecule is CNC(=O)c1ccc(NC(=O)C[C@H]2C[C@H]3CC[C@H]2C3)cc1. The Morgan fingerprint density at radius 3 is 2.48 bits per heavy atom. The molecule has 112 valence electrons. The Hall–Kier alpha value is -1.84. The second-order valence-electron chi connectivity index (χ2n) is 6.34. The third kappa shape index (κ3) is 3.09. The molecule has 2 amide bonds. The lowest BCUT2D eigenvalue weighted by Gasteiger charge is -2.20. The van der Waals surface area contributed by atoms with Crippen LogP contribution in [-0.2, 0) is 4.79 Å². The highest BCUT2D eigenvalue weighted by Gasteiger charge is 2.40. The van der Waals surface area contributed by atoms with Gasteiger partial charge in [0.1, 0.15) is 0 Å². The molecule has 4 heteroatoms. The largest absolute Gasteiger partial charge is 0.355 e. The Morgan fingerprint density at radius 1 is 1.14 bits per heavy atom. The molecule has 0 spiro atoms. The van der Waals surface area contributed by atoms with Gasteiger partial charge in [-0.1, -0.05) is 6.42 Å². The van der Waals surface area contributed by atoms with Crippen LogP contribution in [0.15, 0.2) is 24.3 Å². The van der Waals surface area contributed by atoms with E-state index < -0.39 is 0 Å². The summed E-state index contributed by atoms with van der Waals surface area (Å²) in [7, 11) is 1.60. The first-order valence-corrected chi connectivity index (χ1v) is 7.77. The van der Waals surface area contributed by atoms with Crippen LogP contribution in [-0.4, -0.2) is 18.9 Å². The molecule has 3 atom stereocenters. The van der Waals surface area contributed by atoms with Gasteiger partial charge in [-0.25, -0.2) is 0 Å². The van der Waals surface area contributed by atoms with Crippen molar-refractivity contribution in [2.45, 2.75) is 32.1 Å². The van der Waals surface area contributed by atoms with Crippen molar-refractivity contribution in [2.75, 3.05) is 12.4 Å². The van der Waals surface area contributed by atoms with Crippen LogP contribution in [0.3, 0.4) is 0 Å². The number of nitrogens with one attached hydrogen (secondary N) is 2. The zero-order chi connectivity index (χ0) is 14.8. The number of carbonyl (C=O) groups excluding carboxylic acids is 2. The highest BCUT2D eigenvalue weighted by Crippen LogP contribution is 2.49. The first kappa shape index (κ1) is 14.1. The zero-order valence-electron chi connectivity index (χ0n) is 12.4. The standard InChI is InChI=1S/C17H22N2O2/c1-18-17(21)12-4-6-15(7-5-12)19-16(20)10-14-9-11-2-3-13(14)8-11/h4-7,11,13-14H,2-3,8-10H2,1H3,(H,18,21)(H,19,20)/t11-,13-,14+/m0/s1. The minimum Gasteiger partial charge on any atom is -0.355 e. The molecule has 2 bridgehead atoms. The smallest absolute Gasteiger partial charge is 0.251 e. The molecule has 1 aromatic carbocycles.